The second-order valence-electron chi connectivity index (χ2n) is 3.82. The van der Waals surface area contributed by atoms with Crippen LogP contribution < -0.4 is 0 Å². The molecule has 2 heteroatoms. The maximum Gasteiger partial charge on any atom is 0.123 e. The number of phenols is 1. The lowest BCUT2D eigenvalue weighted by atomic mass is 10.0. The van der Waals surface area contributed by atoms with Crippen molar-refractivity contribution in [2.75, 3.05) is 5.75 Å². The Morgan fingerprint density at radius 3 is 2.50 bits per heavy atom. The third kappa shape index (κ3) is 2.03. The Labute approximate surface area is 100 Å². The number of fused-ring (bicyclic) bond motifs is 1. The molecule has 0 heterocycles. The molecule has 84 valence electrons. The number of rotatable bonds is 3. The number of phenolic OH excluding ortho intramolecular Hbond substituents is 1. The summed E-state index contributed by atoms with van der Waals surface area (Å²) in [6.07, 6.45) is 0. The van der Waals surface area contributed by atoms with Gasteiger partial charge in [-0.15, -0.1) is 0 Å². The van der Waals surface area contributed by atoms with Crippen LogP contribution >= 0.6 is 11.8 Å². The van der Waals surface area contributed by atoms with Crippen molar-refractivity contribution >= 4 is 22.5 Å². The summed E-state index contributed by atoms with van der Waals surface area (Å²) >= 11 is 1.92. The molecule has 0 aliphatic carbocycles. The van der Waals surface area contributed by atoms with Gasteiger partial charge in [-0.25, -0.2) is 0 Å². The number of hydrogen-bond donors (Lipinski definition) is 1. The Hall–Kier alpha value is -1.15. The fraction of sp³-hybridized carbons (Fsp3) is 0.286. The molecule has 0 aromatic heterocycles. The summed E-state index contributed by atoms with van der Waals surface area (Å²) in [7, 11) is 0. The van der Waals surface area contributed by atoms with Gasteiger partial charge >= 0.3 is 0 Å². The van der Waals surface area contributed by atoms with Gasteiger partial charge < -0.3 is 5.11 Å². The predicted octanol–water partition coefficient (Wildman–Crippen LogP) is 4.36. The summed E-state index contributed by atoms with van der Waals surface area (Å²) < 4.78 is 0. The van der Waals surface area contributed by atoms with E-state index in [2.05, 4.69) is 19.9 Å². The van der Waals surface area contributed by atoms with Gasteiger partial charge in [0.2, 0.25) is 0 Å². The van der Waals surface area contributed by atoms with Crippen LogP contribution in [-0.4, -0.2) is 10.9 Å². The number of benzene rings is 2. The molecule has 1 unspecified atom stereocenters. The summed E-state index contributed by atoms with van der Waals surface area (Å²) in [5.41, 5.74) is 1.31. The summed E-state index contributed by atoms with van der Waals surface area (Å²) in [6.45, 7) is 4.39. The van der Waals surface area contributed by atoms with E-state index in [1.807, 2.05) is 36.0 Å². The monoisotopic (exact) mass is 232 g/mol. The van der Waals surface area contributed by atoms with Crippen molar-refractivity contribution < 1.29 is 5.11 Å². The van der Waals surface area contributed by atoms with Crippen LogP contribution in [0.1, 0.15) is 24.7 Å². The summed E-state index contributed by atoms with van der Waals surface area (Å²) in [5.74, 6) is 1.48. The zero-order valence-electron chi connectivity index (χ0n) is 9.60. The lowest BCUT2D eigenvalue weighted by Crippen LogP contribution is -1.91. The van der Waals surface area contributed by atoms with Gasteiger partial charge in [0.15, 0.2) is 0 Å². The Bertz CT molecular complexity index is 493. The van der Waals surface area contributed by atoms with E-state index in [1.165, 1.54) is 5.56 Å². The van der Waals surface area contributed by atoms with Crippen LogP contribution in [-0.2, 0) is 0 Å². The zero-order valence-corrected chi connectivity index (χ0v) is 10.4. The van der Waals surface area contributed by atoms with Gasteiger partial charge in [-0.2, -0.15) is 11.8 Å². The molecule has 0 saturated carbocycles. The van der Waals surface area contributed by atoms with E-state index in [0.717, 1.165) is 16.5 Å². The van der Waals surface area contributed by atoms with Gasteiger partial charge in [0.25, 0.3) is 0 Å². The van der Waals surface area contributed by atoms with Crippen molar-refractivity contribution in [2.24, 2.45) is 0 Å². The number of hydrogen-bond acceptors (Lipinski definition) is 2. The normalized spacial score (nSPS) is 12.9. The van der Waals surface area contributed by atoms with Gasteiger partial charge in [0.05, 0.1) is 0 Å². The standard InChI is InChI=1S/C14H16OS/c1-3-16-10(2)11-8-9-14(15)13-7-5-4-6-12(11)13/h4-10,15H,3H2,1-2H3. The molecule has 0 fully saturated rings. The fourth-order valence-electron chi connectivity index (χ4n) is 2.00. The average molecular weight is 232 g/mol. The van der Waals surface area contributed by atoms with Gasteiger partial charge in [0, 0.05) is 10.6 Å². The zero-order chi connectivity index (χ0) is 11.5. The largest absolute Gasteiger partial charge is 0.507 e. The molecule has 0 saturated heterocycles. The van der Waals surface area contributed by atoms with Gasteiger partial charge in [-0.05, 0) is 29.7 Å². The topological polar surface area (TPSA) is 20.2 Å². The van der Waals surface area contributed by atoms with Crippen LogP contribution in [0.4, 0.5) is 0 Å². The molecule has 0 bridgehead atoms. The molecule has 0 aliphatic heterocycles. The minimum atomic E-state index is 0.369. The maximum atomic E-state index is 9.80. The van der Waals surface area contributed by atoms with E-state index in [1.54, 1.807) is 6.07 Å². The van der Waals surface area contributed by atoms with Crippen LogP contribution in [0.25, 0.3) is 10.8 Å². The Morgan fingerprint density at radius 1 is 1.12 bits per heavy atom. The number of aromatic hydroxyl groups is 1. The Kier molecular flexibility index (Phi) is 3.39. The van der Waals surface area contributed by atoms with Gasteiger partial charge in [-0.1, -0.05) is 37.3 Å². The van der Waals surface area contributed by atoms with E-state index in [9.17, 15) is 5.11 Å². The molecule has 16 heavy (non-hydrogen) atoms. The molecular formula is C14H16OS. The van der Waals surface area contributed by atoms with Crippen molar-refractivity contribution in [3.8, 4) is 5.75 Å². The summed E-state index contributed by atoms with van der Waals surface area (Å²) in [5, 5.41) is 12.4. The van der Waals surface area contributed by atoms with Crippen LogP contribution in [0.5, 0.6) is 5.75 Å². The molecule has 0 spiro atoms. The minimum absolute atomic E-state index is 0.369. The molecule has 0 amide bonds. The molecule has 2 aromatic carbocycles. The molecule has 2 aromatic rings. The molecule has 1 N–H and O–H groups in total. The SMILES string of the molecule is CCSC(C)c1ccc(O)c2ccccc12. The smallest absolute Gasteiger partial charge is 0.123 e. The van der Waals surface area contributed by atoms with E-state index < -0.39 is 0 Å². The number of thioether (sulfide) groups is 1. The van der Waals surface area contributed by atoms with E-state index in [-0.39, 0.29) is 0 Å². The highest BCUT2D eigenvalue weighted by Crippen LogP contribution is 2.36. The van der Waals surface area contributed by atoms with Crippen molar-refractivity contribution in [1.82, 2.24) is 0 Å². The lowest BCUT2D eigenvalue weighted by Gasteiger charge is -2.14. The maximum absolute atomic E-state index is 9.80. The first-order valence-corrected chi connectivity index (χ1v) is 6.61. The van der Waals surface area contributed by atoms with E-state index >= 15 is 0 Å². The first-order valence-electron chi connectivity index (χ1n) is 5.56. The molecule has 1 atom stereocenters. The highest BCUT2D eigenvalue weighted by atomic mass is 32.2. The van der Waals surface area contributed by atoms with Crippen molar-refractivity contribution in [2.45, 2.75) is 19.1 Å². The first kappa shape index (κ1) is 11.3. The third-order valence-electron chi connectivity index (χ3n) is 2.79. The van der Waals surface area contributed by atoms with Crippen LogP contribution in [0.2, 0.25) is 0 Å². The Morgan fingerprint density at radius 2 is 1.81 bits per heavy atom. The average Bonchev–Trinajstić information content (AvgIpc) is 2.30. The second kappa shape index (κ2) is 4.79. The van der Waals surface area contributed by atoms with Gasteiger partial charge in [-0.3, -0.25) is 0 Å². The molecular weight excluding hydrogens is 216 g/mol. The van der Waals surface area contributed by atoms with Crippen LogP contribution in [0.3, 0.4) is 0 Å². The van der Waals surface area contributed by atoms with Crippen molar-refractivity contribution in [3.05, 3.63) is 42.0 Å². The van der Waals surface area contributed by atoms with Crippen molar-refractivity contribution in [3.63, 3.8) is 0 Å². The lowest BCUT2D eigenvalue weighted by molar-refractivity contribution is 0.481. The summed E-state index contributed by atoms with van der Waals surface area (Å²) in [6, 6.07) is 11.9. The van der Waals surface area contributed by atoms with E-state index in [0.29, 0.717) is 11.0 Å². The second-order valence-corrected chi connectivity index (χ2v) is 5.43. The molecule has 0 radical (unpaired) electrons. The molecule has 2 rings (SSSR count). The van der Waals surface area contributed by atoms with Crippen LogP contribution in [0, 0.1) is 0 Å². The Balaban J connectivity index is 2.58. The highest BCUT2D eigenvalue weighted by Gasteiger charge is 2.10. The van der Waals surface area contributed by atoms with Crippen LogP contribution in [0.15, 0.2) is 36.4 Å². The first-order chi connectivity index (χ1) is 7.74. The van der Waals surface area contributed by atoms with E-state index in [4.69, 9.17) is 0 Å². The summed E-state index contributed by atoms with van der Waals surface area (Å²) in [4.78, 5) is 0. The molecule has 0 aliphatic rings. The minimum Gasteiger partial charge on any atom is -0.507 e. The third-order valence-corrected chi connectivity index (χ3v) is 3.88. The van der Waals surface area contributed by atoms with Gasteiger partial charge in [0.1, 0.15) is 5.75 Å². The quantitative estimate of drug-likeness (QED) is 0.848. The highest BCUT2D eigenvalue weighted by molar-refractivity contribution is 7.99. The van der Waals surface area contributed by atoms with Crippen molar-refractivity contribution in [1.29, 1.82) is 0 Å². The fourth-order valence-corrected chi connectivity index (χ4v) is 2.89. The predicted molar refractivity (Wildman–Crippen MR) is 72.2 cm³/mol. The molecule has 1 nitrogen and oxygen atoms in total.